The van der Waals surface area contributed by atoms with Gasteiger partial charge in [-0.05, 0) is 18.8 Å². The summed E-state index contributed by atoms with van der Waals surface area (Å²) in [4.78, 5) is 11.2. The summed E-state index contributed by atoms with van der Waals surface area (Å²) in [6.07, 6.45) is -25.5. The first-order chi connectivity index (χ1) is 16.5. The molecule has 7 nitrogen and oxygen atoms in total. The molecule has 214 valence electrons. The van der Waals surface area contributed by atoms with E-state index in [-0.39, 0.29) is 6.42 Å². The molecular formula is C18H17F12NO6. The van der Waals surface area contributed by atoms with Crippen LogP contribution in [0.15, 0.2) is 6.07 Å². The van der Waals surface area contributed by atoms with Crippen LogP contribution in [-0.2, 0) is 11.2 Å². The van der Waals surface area contributed by atoms with Crippen molar-refractivity contribution in [1.29, 1.82) is 0 Å². The summed E-state index contributed by atoms with van der Waals surface area (Å²) < 4.78 is 169. The lowest BCUT2D eigenvalue weighted by Crippen LogP contribution is -2.28. The molecule has 0 aromatic heterocycles. The summed E-state index contributed by atoms with van der Waals surface area (Å²) in [6.45, 7) is 0.696. The largest absolute Gasteiger partial charge is 0.573 e. The van der Waals surface area contributed by atoms with Gasteiger partial charge in [0.05, 0.1) is 5.92 Å². The van der Waals surface area contributed by atoms with Gasteiger partial charge in [0, 0.05) is 18.2 Å². The van der Waals surface area contributed by atoms with Crippen LogP contribution < -0.4 is 24.7 Å². The van der Waals surface area contributed by atoms with Crippen LogP contribution in [0.3, 0.4) is 0 Å². The summed E-state index contributed by atoms with van der Waals surface area (Å²) in [5, 5.41) is 9.13. The highest BCUT2D eigenvalue weighted by Crippen LogP contribution is 2.51. The van der Waals surface area contributed by atoms with Crippen molar-refractivity contribution in [3.05, 3.63) is 11.6 Å². The minimum absolute atomic E-state index is 0.236. The van der Waals surface area contributed by atoms with Crippen LogP contribution in [-0.4, -0.2) is 43.1 Å². The summed E-state index contributed by atoms with van der Waals surface area (Å²) in [7, 11) is 0. The summed E-state index contributed by atoms with van der Waals surface area (Å²) in [5.74, 6) is -12.7. The molecule has 0 heterocycles. The molecule has 0 bridgehead atoms. The van der Waals surface area contributed by atoms with Gasteiger partial charge in [0.1, 0.15) is 0 Å². The molecule has 0 amide bonds. The molecule has 2 unspecified atom stereocenters. The molecular weight excluding hydrogens is 554 g/mol. The molecule has 19 heteroatoms. The maximum Gasteiger partial charge on any atom is 0.573 e. The lowest BCUT2D eigenvalue weighted by atomic mass is 9.86. The number of rotatable bonds is 11. The molecule has 0 saturated heterocycles. The molecule has 1 aromatic carbocycles. The van der Waals surface area contributed by atoms with E-state index in [0.717, 1.165) is 0 Å². The maximum atomic E-state index is 13.0. The zero-order chi connectivity index (χ0) is 29.0. The van der Waals surface area contributed by atoms with Gasteiger partial charge in [-0.3, -0.25) is 4.79 Å². The number of carboxylic acid groups (broad SMARTS) is 1. The van der Waals surface area contributed by atoms with Gasteiger partial charge in [-0.15, -0.1) is 52.7 Å². The number of benzene rings is 1. The van der Waals surface area contributed by atoms with E-state index < -0.39 is 97.3 Å². The van der Waals surface area contributed by atoms with Crippen molar-refractivity contribution < 1.29 is 81.5 Å². The van der Waals surface area contributed by atoms with Crippen molar-refractivity contribution in [2.45, 2.75) is 51.6 Å². The van der Waals surface area contributed by atoms with Gasteiger partial charge in [-0.1, -0.05) is 13.3 Å². The third kappa shape index (κ3) is 11.3. The number of halogens is 12. The SMILES string of the molecule is CCC(Cc1c(OC(F)(F)F)c(OC(F)(F)F)cc(OC(F)(F)F)c1OC(F)(F)F)CC(CN)C(=O)O. The van der Waals surface area contributed by atoms with Gasteiger partial charge < -0.3 is 29.8 Å². The summed E-state index contributed by atoms with van der Waals surface area (Å²) in [6, 6.07) is -0.576. The number of ether oxygens (including phenoxy) is 4. The van der Waals surface area contributed by atoms with E-state index in [9.17, 15) is 57.5 Å². The third-order valence-electron chi connectivity index (χ3n) is 4.47. The van der Waals surface area contributed by atoms with Gasteiger partial charge in [0.2, 0.25) is 0 Å². The fourth-order valence-corrected chi connectivity index (χ4v) is 3.08. The number of hydrogen-bond acceptors (Lipinski definition) is 6. The van der Waals surface area contributed by atoms with E-state index in [4.69, 9.17) is 10.8 Å². The smallest absolute Gasteiger partial charge is 0.481 e. The fraction of sp³-hybridized carbons (Fsp3) is 0.611. The molecule has 2 atom stereocenters. The number of carboxylic acids is 1. The van der Waals surface area contributed by atoms with Gasteiger partial charge in [-0.25, -0.2) is 0 Å². The zero-order valence-corrected chi connectivity index (χ0v) is 18.2. The Morgan fingerprint density at radius 3 is 1.46 bits per heavy atom. The highest BCUT2D eigenvalue weighted by molar-refractivity contribution is 5.70. The van der Waals surface area contributed by atoms with Crippen LogP contribution in [0.4, 0.5) is 52.7 Å². The van der Waals surface area contributed by atoms with Crippen LogP contribution in [0.1, 0.15) is 25.3 Å². The fourth-order valence-electron chi connectivity index (χ4n) is 3.08. The first kappa shape index (κ1) is 32.0. The molecule has 0 spiro atoms. The summed E-state index contributed by atoms with van der Waals surface area (Å²) >= 11 is 0. The number of aliphatic carboxylic acids is 1. The predicted molar refractivity (Wildman–Crippen MR) is 95.5 cm³/mol. The zero-order valence-electron chi connectivity index (χ0n) is 18.2. The Kier molecular flexibility index (Phi) is 10.0. The molecule has 0 aliphatic rings. The number of hydrogen-bond donors (Lipinski definition) is 2. The van der Waals surface area contributed by atoms with E-state index >= 15 is 0 Å². The third-order valence-corrected chi connectivity index (χ3v) is 4.47. The van der Waals surface area contributed by atoms with Gasteiger partial charge >= 0.3 is 31.4 Å². The molecule has 0 radical (unpaired) electrons. The highest BCUT2D eigenvalue weighted by atomic mass is 19.4. The van der Waals surface area contributed by atoms with E-state index in [2.05, 4.69) is 18.9 Å². The minimum atomic E-state index is -5.89. The molecule has 0 saturated carbocycles. The second-order valence-electron chi connectivity index (χ2n) is 7.19. The van der Waals surface area contributed by atoms with Crippen LogP contribution in [0, 0.1) is 11.8 Å². The van der Waals surface area contributed by atoms with E-state index in [1.807, 2.05) is 0 Å². The first-order valence-electron chi connectivity index (χ1n) is 9.70. The Balaban J connectivity index is 4.01. The molecule has 1 rings (SSSR count). The second kappa shape index (κ2) is 11.6. The molecule has 0 fully saturated rings. The average molecular weight is 571 g/mol. The van der Waals surface area contributed by atoms with Crippen LogP contribution in [0.25, 0.3) is 0 Å². The number of nitrogens with two attached hydrogens (primary N) is 1. The van der Waals surface area contributed by atoms with Crippen molar-refractivity contribution in [3.8, 4) is 23.0 Å². The van der Waals surface area contributed by atoms with Crippen molar-refractivity contribution in [3.63, 3.8) is 0 Å². The molecule has 1 aromatic rings. The van der Waals surface area contributed by atoms with E-state index in [1.54, 1.807) is 0 Å². The minimum Gasteiger partial charge on any atom is -0.481 e. The van der Waals surface area contributed by atoms with Gasteiger partial charge in [-0.2, -0.15) is 0 Å². The Morgan fingerprint density at radius 1 is 0.811 bits per heavy atom. The Morgan fingerprint density at radius 2 is 1.19 bits per heavy atom. The van der Waals surface area contributed by atoms with Crippen LogP contribution >= 0.6 is 0 Å². The first-order valence-corrected chi connectivity index (χ1v) is 9.70. The molecule has 37 heavy (non-hydrogen) atoms. The normalized spacial score (nSPS) is 14.6. The Bertz CT molecular complexity index is 872. The topological polar surface area (TPSA) is 100 Å². The highest BCUT2D eigenvalue weighted by Gasteiger charge is 2.44. The van der Waals surface area contributed by atoms with Crippen molar-refractivity contribution in [2.24, 2.45) is 17.6 Å². The number of alkyl halides is 12. The predicted octanol–water partition coefficient (Wildman–Crippen LogP) is 5.90. The quantitative estimate of drug-likeness (QED) is 0.319. The van der Waals surface area contributed by atoms with Gasteiger partial charge in [0.25, 0.3) is 0 Å². The maximum absolute atomic E-state index is 13.0. The van der Waals surface area contributed by atoms with E-state index in [1.165, 1.54) is 6.92 Å². The molecule has 3 N–H and O–H groups in total. The number of carbonyl (C=O) groups is 1. The average Bonchev–Trinajstić information content (AvgIpc) is 2.65. The van der Waals surface area contributed by atoms with Crippen LogP contribution in [0.2, 0.25) is 0 Å². The van der Waals surface area contributed by atoms with Gasteiger partial charge in [0.15, 0.2) is 23.0 Å². The lowest BCUT2D eigenvalue weighted by molar-refractivity contribution is -0.291. The Hall–Kier alpha value is -2.99. The van der Waals surface area contributed by atoms with Crippen molar-refractivity contribution in [1.82, 2.24) is 0 Å². The lowest BCUT2D eigenvalue weighted by Gasteiger charge is -2.26. The monoisotopic (exact) mass is 571 g/mol. The van der Waals surface area contributed by atoms with Crippen LogP contribution in [0.5, 0.6) is 23.0 Å². The summed E-state index contributed by atoms with van der Waals surface area (Å²) in [5.41, 5.74) is 3.64. The molecule has 0 aliphatic heterocycles. The Labute approximate surface area is 199 Å². The van der Waals surface area contributed by atoms with Crippen molar-refractivity contribution >= 4 is 5.97 Å². The molecule has 0 aliphatic carbocycles. The van der Waals surface area contributed by atoms with E-state index in [0.29, 0.717) is 0 Å². The van der Waals surface area contributed by atoms with Crippen molar-refractivity contribution in [2.75, 3.05) is 6.54 Å². The standard InChI is InChI=1S/C18H17F12NO6/c1-2-7(3-8(6-31)14(32)33)4-9-12(36-17(25,26)27)10(34-15(19,20)21)5-11(35-16(22,23)24)13(9)37-18(28,29)30/h5,7-8H,2-4,6,31H2,1H3,(H,32,33). The second-order valence-corrected chi connectivity index (χ2v) is 7.19.